The molecule has 0 heterocycles. The quantitative estimate of drug-likeness (QED) is 0.657. The fourth-order valence-electron chi connectivity index (χ4n) is 2.07. The molecule has 1 saturated carbocycles. The van der Waals surface area contributed by atoms with E-state index in [-0.39, 0.29) is 6.10 Å². The van der Waals surface area contributed by atoms with E-state index in [1.165, 1.54) is 6.42 Å². The van der Waals surface area contributed by atoms with Crippen LogP contribution >= 0.6 is 0 Å². The number of ether oxygens (including phenoxy) is 2. The molecule has 0 aliphatic heterocycles. The lowest BCUT2D eigenvalue weighted by molar-refractivity contribution is -0.133. The average Bonchev–Trinajstić information content (AvgIpc) is 2.15. The normalized spacial score (nSPS) is 30.6. The topological polar surface area (TPSA) is 30.5 Å². The highest BCUT2D eigenvalue weighted by molar-refractivity contribution is 4.96. The number of hydrogen-bond acceptors (Lipinski definition) is 3. The predicted molar refractivity (Wildman–Crippen MR) is 62.1 cm³/mol. The first-order valence-electron chi connectivity index (χ1n) is 6.00. The molecule has 1 fully saturated rings. The van der Waals surface area contributed by atoms with Crippen LogP contribution in [0.25, 0.3) is 0 Å². The molecule has 1 aliphatic rings. The number of hydrogen-bond donors (Lipinski definition) is 1. The van der Waals surface area contributed by atoms with Crippen LogP contribution in [-0.2, 0) is 9.47 Å². The molecule has 0 radical (unpaired) electrons. The van der Waals surface area contributed by atoms with Crippen molar-refractivity contribution >= 4 is 0 Å². The summed E-state index contributed by atoms with van der Waals surface area (Å²) in [5.41, 5.74) is 0. The molecule has 3 nitrogen and oxygen atoms in total. The van der Waals surface area contributed by atoms with Gasteiger partial charge in [-0.15, -0.1) is 0 Å². The van der Waals surface area contributed by atoms with E-state index in [2.05, 4.69) is 19.2 Å². The summed E-state index contributed by atoms with van der Waals surface area (Å²) in [5.74, 6) is 0.776. The van der Waals surface area contributed by atoms with E-state index in [1.54, 1.807) is 7.11 Å². The predicted octanol–water partition coefficient (Wildman–Crippen LogP) is 1.81. The van der Waals surface area contributed by atoms with Crippen LogP contribution in [0.15, 0.2) is 0 Å². The van der Waals surface area contributed by atoms with E-state index in [0.29, 0.717) is 12.1 Å². The fraction of sp³-hybridized carbons (Fsp3) is 1.00. The summed E-state index contributed by atoms with van der Waals surface area (Å²) in [5, 5.41) is 3.24. The maximum atomic E-state index is 5.80. The summed E-state index contributed by atoms with van der Waals surface area (Å²) in [7, 11) is 3.74. The molecule has 0 aromatic rings. The van der Waals surface area contributed by atoms with Crippen molar-refractivity contribution in [3.05, 3.63) is 0 Å². The van der Waals surface area contributed by atoms with Gasteiger partial charge in [0.2, 0.25) is 0 Å². The highest BCUT2D eigenvalue weighted by Gasteiger charge is 2.41. The zero-order valence-electron chi connectivity index (χ0n) is 10.5. The second-order valence-electron chi connectivity index (χ2n) is 4.78. The molecule has 1 rings (SSSR count). The lowest BCUT2D eigenvalue weighted by Gasteiger charge is -2.43. The van der Waals surface area contributed by atoms with Gasteiger partial charge in [0.05, 0.1) is 12.2 Å². The Kier molecular flexibility index (Phi) is 5.58. The molecule has 0 aromatic heterocycles. The molecular formula is C12H25NO2. The first-order valence-corrected chi connectivity index (χ1v) is 6.00. The van der Waals surface area contributed by atoms with Crippen molar-refractivity contribution in [2.45, 2.75) is 51.4 Å². The second kappa shape index (κ2) is 6.46. The van der Waals surface area contributed by atoms with Crippen molar-refractivity contribution in [1.82, 2.24) is 5.32 Å². The van der Waals surface area contributed by atoms with Gasteiger partial charge in [-0.05, 0) is 32.2 Å². The minimum absolute atomic E-state index is 0.244. The average molecular weight is 215 g/mol. The van der Waals surface area contributed by atoms with Crippen LogP contribution < -0.4 is 5.32 Å². The second-order valence-corrected chi connectivity index (χ2v) is 4.78. The van der Waals surface area contributed by atoms with Crippen LogP contribution in [0, 0.1) is 5.92 Å². The van der Waals surface area contributed by atoms with Gasteiger partial charge in [-0.1, -0.05) is 13.8 Å². The molecule has 1 N–H and O–H groups in total. The molecule has 3 heteroatoms. The third-order valence-corrected chi connectivity index (χ3v) is 3.15. The largest absolute Gasteiger partial charge is 0.377 e. The lowest BCUT2D eigenvalue weighted by Crippen LogP contribution is -2.58. The van der Waals surface area contributed by atoms with E-state index < -0.39 is 0 Å². The molecule has 90 valence electrons. The van der Waals surface area contributed by atoms with Gasteiger partial charge in [-0.2, -0.15) is 0 Å². The van der Waals surface area contributed by atoms with Gasteiger partial charge in [0.1, 0.15) is 0 Å². The number of nitrogens with one attached hydrogen (secondary N) is 1. The van der Waals surface area contributed by atoms with Gasteiger partial charge in [-0.25, -0.2) is 0 Å². The fourth-order valence-corrected chi connectivity index (χ4v) is 2.07. The smallest absolute Gasteiger partial charge is 0.0986 e. The first kappa shape index (κ1) is 12.9. The summed E-state index contributed by atoms with van der Waals surface area (Å²) >= 11 is 0. The van der Waals surface area contributed by atoms with Gasteiger partial charge in [0, 0.05) is 19.8 Å². The lowest BCUT2D eigenvalue weighted by atomic mass is 9.85. The summed E-state index contributed by atoms with van der Waals surface area (Å²) in [6.45, 7) is 5.37. The molecule has 0 amide bonds. The minimum atomic E-state index is 0.244. The summed E-state index contributed by atoms with van der Waals surface area (Å²) in [4.78, 5) is 0. The molecule has 0 saturated heterocycles. The van der Waals surface area contributed by atoms with Gasteiger partial charge >= 0.3 is 0 Å². The van der Waals surface area contributed by atoms with Crippen molar-refractivity contribution in [2.75, 3.05) is 20.8 Å². The first-order chi connectivity index (χ1) is 7.19. The monoisotopic (exact) mass is 215 g/mol. The van der Waals surface area contributed by atoms with Crippen LogP contribution in [0.5, 0.6) is 0 Å². The van der Waals surface area contributed by atoms with E-state index >= 15 is 0 Å². The van der Waals surface area contributed by atoms with Gasteiger partial charge < -0.3 is 14.8 Å². The molecule has 0 bridgehead atoms. The van der Waals surface area contributed by atoms with Crippen molar-refractivity contribution in [3.8, 4) is 0 Å². The van der Waals surface area contributed by atoms with Crippen LogP contribution in [0.4, 0.5) is 0 Å². The number of methoxy groups -OCH3 is 1. The zero-order chi connectivity index (χ0) is 11.3. The van der Waals surface area contributed by atoms with Crippen LogP contribution in [0.2, 0.25) is 0 Å². The molecular weight excluding hydrogens is 190 g/mol. The maximum Gasteiger partial charge on any atom is 0.0986 e. The van der Waals surface area contributed by atoms with E-state index in [0.717, 1.165) is 25.4 Å². The summed E-state index contributed by atoms with van der Waals surface area (Å²) in [6.07, 6.45) is 4.04. The highest BCUT2D eigenvalue weighted by Crippen LogP contribution is 2.26. The van der Waals surface area contributed by atoms with E-state index in [4.69, 9.17) is 9.47 Å². The Balaban J connectivity index is 2.07. The summed E-state index contributed by atoms with van der Waals surface area (Å²) in [6, 6.07) is 0.477. The molecule has 0 spiro atoms. The van der Waals surface area contributed by atoms with Gasteiger partial charge in [-0.3, -0.25) is 0 Å². The minimum Gasteiger partial charge on any atom is -0.377 e. The Bertz CT molecular complexity index is 173. The van der Waals surface area contributed by atoms with Crippen molar-refractivity contribution in [2.24, 2.45) is 5.92 Å². The number of likely N-dealkylation sites (N-methyl/N-ethyl adjacent to an activating group) is 1. The molecule has 15 heavy (non-hydrogen) atoms. The number of rotatable bonds is 7. The van der Waals surface area contributed by atoms with E-state index in [1.807, 2.05) is 7.05 Å². The Morgan fingerprint density at radius 1 is 1.40 bits per heavy atom. The van der Waals surface area contributed by atoms with Crippen molar-refractivity contribution in [1.29, 1.82) is 0 Å². The SMILES string of the molecule is CNC1CC(OCCCC(C)C)C1OC. The van der Waals surface area contributed by atoms with Crippen molar-refractivity contribution in [3.63, 3.8) is 0 Å². The van der Waals surface area contributed by atoms with Crippen LogP contribution in [0.3, 0.4) is 0 Å². The maximum absolute atomic E-state index is 5.80. The highest BCUT2D eigenvalue weighted by atomic mass is 16.5. The Morgan fingerprint density at radius 2 is 2.13 bits per heavy atom. The standard InChI is InChI=1S/C12H25NO2/c1-9(2)6-5-7-15-11-8-10(13-3)12(11)14-4/h9-13H,5-8H2,1-4H3. The Hall–Kier alpha value is -0.120. The summed E-state index contributed by atoms with van der Waals surface area (Å²) < 4.78 is 11.2. The van der Waals surface area contributed by atoms with Gasteiger partial charge in [0.25, 0.3) is 0 Å². The van der Waals surface area contributed by atoms with Gasteiger partial charge in [0.15, 0.2) is 0 Å². The molecule has 0 aromatic carbocycles. The molecule has 3 atom stereocenters. The zero-order valence-corrected chi connectivity index (χ0v) is 10.5. The van der Waals surface area contributed by atoms with Crippen LogP contribution in [-0.4, -0.2) is 39.0 Å². The van der Waals surface area contributed by atoms with Crippen molar-refractivity contribution < 1.29 is 9.47 Å². The Morgan fingerprint density at radius 3 is 2.67 bits per heavy atom. The molecule has 3 unspecified atom stereocenters. The Labute approximate surface area is 93.5 Å². The van der Waals surface area contributed by atoms with E-state index in [9.17, 15) is 0 Å². The third kappa shape index (κ3) is 3.74. The molecule has 1 aliphatic carbocycles. The van der Waals surface area contributed by atoms with Crippen LogP contribution in [0.1, 0.15) is 33.1 Å². The third-order valence-electron chi connectivity index (χ3n) is 3.15.